The number of nitrogens with one attached hydrogen (secondary N) is 2. The van der Waals surface area contributed by atoms with Gasteiger partial charge < -0.3 is 9.84 Å². The van der Waals surface area contributed by atoms with E-state index in [1.165, 1.54) is 12.1 Å². The minimum absolute atomic E-state index is 0.0509. The third-order valence-electron chi connectivity index (χ3n) is 1.97. The predicted molar refractivity (Wildman–Crippen MR) is 68.9 cm³/mol. The molecule has 1 rings (SSSR count). The fourth-order valence-electron chi connectivity index (χ4n) is 1.29. The molecule has 1 aromatic rings. The highest BCUT2D eigenvalue weighted by Crippen LogP contribution is 2.10. The van der Waals surface area contributed by atoms with Gasteiger partial charge in [-0.25, -0.2) is 4.79 Å². The highest BCUT2D eigenvalue weighted by atomic mass is 16.6. The topological polar surface area (TPSA) is 82.4 Å². The van der Waals surface area contributed by atoms with Gasteiger partial charge in [0, 0.05) is 6.42 Å². The second kappa shape index (κ2) is 5.53. The van der Waals surface area contributed by atoms with Gasteiger partial charge in [0.25, 0.3) is 0 Å². The first-order chi connectivity index (χ1) is 8.26. The molecule has 0 radical (unpaired) electrons. The zero-order chi connectivity index (χ0) is 13.8. The number of benzene rings is 1. The number of ether oxygens (including phenoxy) is 1. The van der Waals surface area contributed by atoms with E-state index in [9.17, 15) is 4.79 Å². The zero-order valence-electron chi connectivity index (χ0n) is 10.8. The van der Waals surface area contributed by atoms with Crippen LogP contribution in [0, 0.1) is 5.41 Å². The second-order valence-corrected chi connectivity index (χ2v) is 4.95. The summed E-state index contributed by atoms with van der Waals surface area (Å²) in [6, 6.07) is 6.47. The number of hydrogen-bond acceptors (Lipinski definition) is 4. The molecule has 0 atom stereocenters. The molecule has 5 nitrogen and oxygen atoms in total. The maximum Gasteiger partial charge on any atom is 0.413 e. The minimum Gasteiger partial charge on any atom is -0.508 e. The number of carbonyl (C=O) groups excluding carboxylic acids is 1. The van der Waals surface area contributed by atoms with Gasteiger partial charge in [-0.15, -0.1) is 0 Å². The molecule has 0 spiro atoms. The summed E-state index contributed by atoms with van der Waals surface area (Å²) in [6.45, 7) is 5.28. The SMILES string of the molecule is CC(C)(C)OC(=O)NC(=N)Cc1ccc(O)cc1. The van der Waals surface area contributed by atoms with Crippen LogP contribution in [0.4, 0.5) is 4.79 Å². The molecule has 1 amide bonds. The van der Waals surface area contributed by atoms with Crippen LogP contribution >= 0.6 is 0 Å². The fourth-order valence-corrected chi connectivity index (χ4v) is 1.29. The third-order valence-corrected chi connectivity index (χ3v) is 1.97. The van der Waals surface area contributed by atoms with Crippen molar-refractivity contribution in [1.82, 2.24) is 5.32 Å². The first kappa shape index (κ1) is 14.0. The first-order valence-electron chi connectivity index (χ1n) is 5.61. The van der Waals surface area contributed by atoms with Crippen molar-refractivity contribution in [1.29, 1.82) is 5.41 Å². The lowest BCUT2D eigenvalue weighted by molar-refractivity contribution is 0.0562. The number of amides is 1. The van der Waals surface area contributed by atoms with Gasteiger partial charge in [0.2, 0.25) is 0 Å². The van der Waals surface area contributed by atoms with E-state index in [2.05, 4.69) is 5.32 Å². The monoisotopic (exact) mass is 250 g/mol. The Balaban J connectivity index is 2.47. The maximum absolute atomic E-state index is 11.4. The number of aromatic hydroxyl groups is 1. The highest BCUT2D eigenvalue weighted by molar-refractivity contribution is 5.94. The molecule has 0 heterocycles. The van der Waals surface area contributed by atoms with E-state index < -0.39 is 11.7 Å². The maximum atomic E-state index is 11.4. The lowest BCUT2D eigenvalue weighted by Crippen LogP contribution is -2.36. The predicted octanol–water partition coefficient (Wildman–Crippen LogP) is 2.44. The quantitative estimate of drug-likeness (QED) is 0.557. The van der Waals surface area contributed by atoms with E-state index in [-0.39, 0.29) is 18.0 Å². The fraction of sp³-hybridized carbons (Fsp3) is 0.385. The van der Waals surface area contributed by atoms with Crippen molar-refractivity contribution in [3.63, 3.8) is 0 Å². The van der Waals surface area contributed by atoms with Crippen LogP contribution in [0.15, 0.2) is 24.3 Å². The Morgan fingerprint density at radius 2 is 1.89 bits per heavy atom. The van der Waals surface area contributed by atoms with E-state index in [4.69, 9.17) is 15.3 Å². The molecule has 0 fully saturated rings. The molecule has 98 valence electrons. The van der Waals surface area contributed by atoms with Gasteiger partial charge in [0.05, 0.1) is 0 Å². The molecule has 5 heteroatoms. The van der Waals surface area contributed by atoms with Crippen molar-refractivity contribution in [2.75, 3.05) is 0 Å². The van der Waals surface area contributed by atoms with Crippen molar-refractivity contribution < 1.29 is 14.6 Å². The van der Waals surface area contributed by atoms with Crippen molar-refractivity contribution in [3.05, 3.63) is 29.8 Å². The molecular formula is C13H18N2O3. The third kappa shape index (κ3) is 5.34. The summed E-state index contributed by atoms with van der Waals surface area (Å²) in [5, 5.41) is 19.1. The number of phenols is 1. The molecule has 0 saturated carbocycles. The Kier molecular flexibility index (Phi) is 4.31. The molecule has 3 N–H and O–H groups in total. The standard InChI is InChI=1S/C13H18N2O3/c1-13(2,3)18-12(17)15-11(14)8-9-4-6-10(16)7-5-9/h4-7,16H,8H2,1-3H3,(H2,14,15,17). The van der Waals surface area contributed by atoms with Crippen molar-refractivity contribution in [2.24, 2.45) is 0 Å². The van der Waals surface area contributed by atoms with Crippen LogP contribution in [0.3, 0.4) is 0 Å². The Bertz CT molecular complexity index is 433. The van der Waals surface area contributed by atoms with E-state index in [1.807, 2.05) is 0 Å². The average molecular weight is 250 g/mol. The van der Waals surface area contributed by atoms with E-state index in [1.54, 1.807) is 32.9 Å². The second-order valence-electron chi connectivity index (χ2n) is 4.95. The van der Waals surface area contributed by atoms with Gasteiger partial charge >= 0.3 is 6.09 Å². The van der Waals surface area contributed by atoms with E-state index in [0.29, 0.717) is 0 Å². The Morgan fingerprint density at radius 3 is 2.39 bits per heavy atom. The van der Waals surface area contributed by atoms with Crippen LogP contribution in [-0.4, -0.2) is 22.6 Å². The summed E-state index contributed by atoms with van der Waals surface area (Å²) in [6.07, 6.45) is -0.356. The molecule has 0 aliphatic heterocycles. The largest absolute Gasteiger partial charge is 0.508 e. The van der Waals surface area contributed by atoms with Crippen LogP contribution in [0.1, 0.15) is 26.3 Å². The molecule has 0 aliphatic rings. The summed E-state index contributed by atoms with van der Waals surface area (Å²) in [5.74, 6) is 0.223. The summed E-state index contributed by atoms with van der Waals surface area (Å²) in [5.41, 5.74) is 0.247. The van der Waals surface area contributed by atoms with Gasteiger partial charge in [0.15, 0.2) is 0 Å². The number of alkyl carbamates (subject to hydrolysis) is 1. The van der Waals surface area contributed by atoms with Crippen molar-refractivity contribution in [3.8, 4) is 5.75 Å². The van der Waals surface area contributed by atoms with Gasteiger partial charge in [0.1, 0.15) is 17.2 Å². The molecule has 0 aromatic heterocycles. The smallest absolute Gasteiger partial charge is 0.413 e. The summed E-state index contributed by atoms with van der Waals surface area (Å²) < 4.78 is 5.03. The van der Waals surface area contributed by atoms with Crippen molar-refractivity contribution in [2.45, 2.75) is 32.8 Å². The van der Waals surface area contributed by atoms with Gasteiger partial charge in [-0.2, -0.15) is 0 Å². The Hall–Kier alpha value is -2.04. The number of carbonyl (C=O) groups is 1. The molecule has 1 aromatic carbocycles. The number of hydrogen-bond donors (Lipinski definition) is 3. The van der Waals surface area contributed by atoms with E-state index in [0.717, 1.165) is 5.56 Å². The zero-order valence-corrected chi connectivity index (χ0v) is 10.8. The lowest BCUT2D eigenvalue weighted by atomic mass is 10.1. The molecule has 0 aliphatic carbocycles. The van der Waals surface area contributed by atoms with Crippen LogP contribution in [0.2, 0.25) is 0 Å². The number of phenolic OH excluding ortho intramolecular Hbond substituents is 1. The van der Waals surface area contributed by atoms with Crippen molar-refractivity contribution >= 4 is 11.9 Å². The van der Waals surface area contributed by atoms with Crippen LogP contribution in [0.25, 0.3) is 0 Å². The molecule has 0 unspecified atom stereocenters. The number of amidine groups is 1. The van der Waals surface area contributed by atoms with Gasteiger partial charge in [-0.05, 0) is 38.5 Å². The highest BCUT2D eigenvalue weighted by Gasteiger charge is 2.16. The normalized spacial score (nSPS) is 10.8. The summed E-state index contributed by atoms with van der Waals surface area (Å²) in [7, 11) is 0. The summed E-state index contributed by atoms with van der Waals surface area (Å²) in [4.78, 5) is 11.4. The van der Waals surface area contributed by atoms with Crippen LogP contribution < -0.4 is 5.32 Å². The molecular weight excluding hydrogens is 232 g/mol. The first-order valence-corrected chi connectivity index (χ1v) is 5.61. The molecule has 18 heavy (non-hydrogen) atoms. The summed E-state index contributed by atoms with van der Waals surface area (Å²) >= 11 is 0. The molecule has 0 bridgehead atoms. The lowest BCUT2D eigenvalue weighted by Gasteiger charge is -2.19. The van der Waals surface area contributed by atoms with Crippen LogP contribution in [-0.2, 0) is 11.2 Å². The minimum atomic E-state index is -0.633. The Labute approximate surface area is 106 Å². The average Bonchev–Trinajstić information content (AvgIpc) is 2.18. The molecule has 0 saturated heterocycles. The van der Waals surface area contributed by atoms with Gasteiger partial charge in [-0.3, -0.25) is 10.7 Å². The van der Waals surface area contributed by atoms with Crippen LogP contribution in [0.5, 0.6) is 5.75 Å². The van der Waals surface area contributed by atoms with E-state index >= 15 is 0 Å². The Morgan fingerprint density at radius 1 is 1.33 bits per heavy atom. The number of rotatable bonds is 2. The van der Waals surface area contributed by atoms with Gasteiger partial charge in [-0.1, -0.05) is 12.1 Å².